The average molecular weight is 559 g/mol. The number of ketones is 2. The van der Waals surface area contributed by atoms with E-state index < -0.39 is 11.6 Å². The molecule has 5 heterocycles. The first-order valence-corrected chi connectivity index (χ1v) is 14.5. The summed E-state index contributed by atoms with van der Waals surface area (Å²) in [6.45, 7) is 6.72. The van der Waals surface area contributed by atoms with Crippen LogP contribution in [0.25, 0.3) is 0 Å². The molecule has 0 radical (unpaired) electrons. The Morgan fingerprint density at radius 1 is 1.12 bits per heavy atom. The van der Waals surface area contributed by atoms with Gasteiger partial charge in [0, 0.05) is 56.8 Å². The molecule has 9 nitrogen and oxygen atoms in total. The fourth-order valence-electron chi connectivity index (χ4n) is 5.92. The summed E-state index contributed by atoms with van der Waals surface area (Å²) in [5, 5.41) is 3.28. The first-order valence-electron chi connectivity index (χ1n) is 14.5. The van der Waals surface area contributed by atoms with Crippen LogP contribution in [0.1, 0.15) is 75.8 Å². The molecule has 0 bridgehead atoms. The number of rotatable bonds is 8. The maximum atomic E-state index is 15.2. The monoisotopic (exact) mass is 558 g/mol. The van der Waals surface area contributed by atoms with Gasteiger partial charge >= 0.3 is 6.01 Å². The topological polar surface area (TPSA) is 101 Å². The molecule has 1 unspecified atom stereocenters. The van der Waals surface area contributed by atoms with Gasteiger partial charge in [-0.2, -0.15) is 9.97 Å². The summed E-state index contributed by atoms with van der Waals surface area (Å²) in [6.07, 6.45) is 6.31. The van der Waals surface area contributed by atoms with Gasteiger partial charge < -0.3 is 15.0 Å². The van der Waals surface area contributed by atoms with E-state index in [4.69, 9.17) is 4.74 Å². The molecule has 3 aromatic rings. The summed E-state index contributed by atoms with van der Waals surface area (Å²) < 4.78 is 21.2. The van der Waals surface area contributed by atoms with E-state index in [1.54, 1.807) is 30.5 Å². The van der Waals surface area contributed by atoms with Gasteiger partial charge in [0.1, 0.15) is 23.9 Å². The maximum Gasteiger partial charge on any atom is 0.317 e. The third kappa shape index (κ3) is 5.85. The van der Waals surface area contributed by atoms with Crippen LogP contribution >= 0.6 is 0 Å². The van der Waals surface area contributed by atoms with Gasteiger partial charge in [-0.1, -0.05) is 12.5 Å². The average Bonchev–Trinajstić information content (AvgIpc) is 3.02. The maximum absolute atomic E-state index is 15.2. The minimum absolute atomic E-state index is 0.0454. The van der Waals surface area contributed by atoms with E-state index in [2.05, 4.69) is 32.1 Å². The number of fused-ring (bicyclic) bond motifs is 2. The molecule has 0 aliphatic carbocycles. The van der Waals surface area contributed by atoms with E-state index in [-0.39, 0.29) is 29.1 Å². The van der Waals surface area contributed by atoms with Crippen LogP contribution in [0, 0.1) is 5.82 Å². The highest BCUT2D eigenvalue weighted by molar-refractivity contribution is 6.09. The highest BCUT2D eigenvalue weighted by Crippen LogP contribution is 2.28. The molecule has 10 heteroatoms. The van der Waals surface area contributed by atoms with Crippen molar-refractivity contribution in [2.45, 2.75) is 58.2 Å². The van der Waals surface area contributed by atoms with E-state index >= 15 is 4.39 Å². The van der Waals surface area contributed by atoms with E-state index in [9.17, 15) is 9.59 Å². The number of hydrogen-bond acceptors (Lipinski definition) is 9. The molecular formula is C31H35FN6O3. The van der Waals surface area contributed by atoms with Crippen molar-refractivity contribution in [3.05, 3.63) is 76.0 Å². The molecule has 0 amide bonds. The second kappa shape index (κ2) is 12.0. The van der Waals surface area contributed by atoms with E-state index in [1.807, 2.05) is 4.90 Å². The lowest BCUT2D eigenvalue weighted by Gasteiger charge is -2.32. The van der Waals surface area contributed by atoms with Gasteiger partial charge in [-0.25, -0.2) is 9.37 Å². The molecule has 3 aliphatic heterocycles. The lowest BCUT2D eigenvalue weighted by molar-refractivity contribution is 0.0978. The molecule has 3 aliphatic rings. The lowest BCUT2D eigenvalue weighted by Crippen LogP contribution is -2.40. The third-order valence-corrected chi connectivity index (χ3v) is 8.24. The van der Waals surface area contributed by atoms with Crippen molar-refractivity contribution < 1.29 is 18.7 Å². The Labute approximate surface area is 239 Å². The number of benzene rings is 1. The molecule has 1 N–H and O–H groups in total. The van der Waals surface area contributed by atoms with E-state index in [0.717, 1.165) is 30.9 Å². The second-order valence-electron chi connectivity index (χ2n) is 11.1. The number of hydrogen-bond donors (Lipinski definition) is 1. The van der Waals surface area contributed by atoms with Gasteiger partial charge in [-0.3, -0.25) is 14.5 Å². The van der Waals surface area contributed by atoms with Gasteiger partial charge in [0.05, 0.1) is 16.8 Å². The summed E-state index contributed by atoms with van der Waals surface area (Å²) in [5.74, 6) is -0.432. The third-order valence-electron chi connectivity index (χ3n) is 8.24. The molecule has 1 atom stereocenters. The Morgan fingerprint density at radius 3 is 2.83 bits per heavy atom. The van der Waals surface area contributed by atoms with Crippen LogP contribution in [-0.4, -0.2) is 70.2 Å². The minimum Gasteiger partial charge on any atom is -0.462 e. The van der Waals surface area contributed by atoms with Crippen LogP contribution < -0.4 is 15.0 Å². The van der Waals surface area contributed by atoms with Crippen molar-refractivity contribution in [3.8, 4) is 6.01 Å². The predicted molar refractivity (Wildman–Crippen MR) is 152 cm³/mol. The normalized spacial score (nSPS) is 18.0. The van der Waals surface area contributed by atoms with Crippen LogP contribution in [-0.2, 0) is 19.5 Å². The number of pyridine rings is 1. The number of Topliss-reactive ketones (excluding diaryl/α,β-unsaturated/α-hetero) is 1. The number of carbonyl (C=O) groups excluding carboxylic acids is 2. The summed E-state index contributed by atoms with van der Waals surface area (Å²) in [5.41, 5.74) is 2.91. The fraction of sp³-hybridized carbons (Fsp3) is 0.452. The van der Waals surface area contributed by atoms with Crippen LogP contribution in [0.15, 0.2) is 36.5 Å². The summed E-state index contributed by atoms with van der Waals surface area (Å²) in [7, 11) is 0. The van der Waals surface area contributed by atoms with Gasteiger partial charge in [0.25, 0.3) is 0 Å². The largest absolute Gasteiger partial charge is 0.462 e. The smallest absolute Gasteiger partial charge is 0.317 e. The molecule has 6 rings (SSSR count). The van der Waals surface area contributed by atoms with Crippen LogP contribution in [0.3, 0.4) is 0 Å². The summed E-state index contributed by atoms with van der Waals surface area (Å²) in [4.78, 5) is 44.2. The Bertz CT molecular complexity index is 1460. The Morgan fingerprint density at radius 2 is 1.98 bits per heavy atom. The fourth-order valence-corrected chi connectivity index (χ4v) is 5.92. The number of carbonyl (C=O) groups is 2. The number of nitrogens with zero attached hydrogens (tertiary/aromatic N) is 5. The number of halogens is 1. The molecule has 1 aromatic carbocycles. The molecule has 0 saturated carbocycles. The molecule has 0 spiro atoms. The number of aromatic nitrogens is 3. The molecule has 214 valence electrons. The number of ether oxygens (including phenoxy) is 1. The Hall–Kier alpha value is -3.76. The Balaban J connectivity index is 1.26. The predicted octanol–water partition coefficient (Wildman–Crippen LogP) is 3.73. The van der Waals surface area contributed by atoms with Gasteiger partial charge in [-0.15, -0.1) is 0 Å². The number of nitrogens with one attached hydrogen (secondary N) is 1. The van der Waals surface area contributed by atoms with Gasteiger partial charge in [0.15, 0.2) is 5.78 Å². The number of likely N-dealkylation sites (tertiary alicyclic amines) is 1. The summed E-state index contributed by atoms with van der Waals surface area (Å²) >= 11 is 0. The van der Waals surface area contributed by atoms with Crippen molar-refractivity contribution in [1.29, 1.82) is 0 Å². The highest BCUT2D eigenvalue weighted by Gasteiger charge is 2.28. The van der Waals surface area contributed by atoms with Crippen molar-refractivity contribution >= 4 is 17.4 Å². The standard InChI is InChI=1S/C31H35FN6O3/c1-20(37-13-3-2-4-14-37)19-41-31-35-26-9-12-33-17-24(26)28(36-31)29(40)23-16-21(7-8-25(23)32)18-38-15-10-27(39)22-6-5-11-34-30(22)38/h5-8,11,16,20,33H,2-4,9-10,12-15,17-19H2,1H3. The van der Waals surface area contributed by atoms with E-state index in [0.29, 0.717) is 56.0 Å². The molecule has 1 fully saturated rings. The molecule has 2 aromatic heterocycles. The quantitative estimate of drug-likeness (QED) is 0.415. The minimum atomic E-state index is -0.608. The van der Waals surface area contributed by atoms with E-state index in [1.165, 1.54) is 25.3 Å². The Kier molecular flexibility index (Phi) is 8.02. The van der Waals surface area contributed by atoms with Crippen molar-refractivity contribution in [3.63, 3.8) is 0 Å². The van der Waals surface area contributed by atoms with Crippen LogP contribution in [0.4, 0.5) is 10.2 Å². The second-order valence-corrected chi connectivity index (χ2v) is 11.1. The SMILES string of the molecule is CC(COc1nc2c(c(C(=O)c3cc(CN4CCC(=O)c5cccnc54)ccc3F)n1)CNCC2)N1CCCCC1. The first kappa shape index (κ1) is 27.4. The van der Waals surface area contributed by atoms with Crippen LogP contribution in [0.2, 0.25) is 0 Å². The van der Waals surface area contributed by atoms with Crippen molar-refractivity contribution in [2.75, 3.05) is 37.7 Å². The van der Waals surface area contributed by atoms with Gasteiger partial charge in [-0.05, 0) is 62.7 Å². The zero-order chi connectivity index (χ0) is 28.3. The molecule has 41 heavy (non-hydrogen) atoms. The van der Waals surface area contributed by atoms with Gasteiger partial charge in [0.2, 0.25) is 5.78 Å². The number of anilines is 1. The van der Waals surface area contributed by atoms with Crippen molar-refractivity contribution in [1.82, 2.24) is 25.2 Å². The first-order chi connectivity index (χ1) is 20.0. The van der Waals surface area contributed by atoms with Crippen molar-refractivity contribution in [2.24, 2.45) is 0 Å². The molecular weight excluding hydrogens is 523 g/mol. The highest BCUT2D eigenvalue weighted by atomic mass is 19.1. The zero-order valence-electron chi connectivity index (χ0n) is 23.4. The number of piperidine rings is 1. The lowest BCUT2D eigenvalue weighted by atomic mass is 9.97. The van der Waals surface area contributed by atoms with Crippen LogP contribution in [0.5, 0.6) is 6.01 Å². The summed E-state index contributed by atoms with van der Waals surface area (Å²) in [6, 6.07) is 8.46. The molecule has 1 saturated heterocycles. The zero-order valence-corrected chi connectivity index (χ0v) is 23.4.